The maximum Gasteiger partial charge on any atom is 0.472 e. The van der Waals surface area contributed by atoms with E-state index in [4.69, 9.17) is 18.5 Å². The fraction of sp³-hybridized carbons (Fsp3) is 0.795. The van der Waals surface area contributed by atoms with Gasteiger partial charge in [-0.05, 0) is 70.6 Å². The molecule has 332 valence electrons. The van der Waals surface area contributed by atoms with E-state index in [1.54, 1.807) is 0 Å². The topological polar surface area (TPSA) is 192 Å². The molecule has 0 aromatic heterocycles. The molecule has 0 aliphatic heterocycles. The molecule has 0 bridgehead atoms. The molecule has 1 rings (SSSR count). The normalized spacial score (nSPS) is 23.3. The van der Waals surface area contributed by atoms with Crippen molar-refractivity contribution in [1.29, 1.82) is 0 Å². The van der Waals surface area contributed by atoms with Crippen molar-refractivity contribution in [2.75, 3.05) is 19.8 Å². The number of hydrogen-bond acceptors (Lipinski definition) is 11. The van der Waals surface area contributed by atoms with Gasteiger partial charge in [0, 0.05) is 13.0 Å². The number of rotatable bonds is 36. The van der Waals surface area contributed by atoms with Crippen molar-refractivity contribution in [3.05, 3.63) is 48.6 Å². The van der Waals surface area contributed by atoms with Crippen molar-refractivity contribution in [3.8, 4) is 0 Å². The first-order chi connectivity index (χ1) is 27.5. The summed E-state index contributed by atoms with van der Waals surface area (Å²) in [6, 6.07) is 0. The molecule has 1 aliphatic carbocycles. The van der Waals surface area contributed by atoms with Gasteiger partial charge in [0.05, 0.1) is 13.2 Å². The molecule has 57 heavy (non-hydrogen) atoms. The van der Waals surface area contributed by atoms with Crippen LogP contribution in [0.2, 0.25) is 0 Å². The van der Waals surface area contributed by atoms with Crippen molar-refractivity contribution >= 4 is 13.8 Å². The molecular formula is C44H79O12P. The summed E-state index contributed by atoms with van der Waals surface area (Å²) in [5.74, 6) is -0.497. The van der Waals surface area contributed by atoms with Gasteiger partial charge in [-0.3, -0.25) is 13.8 Å². The van der Waals surface area contributed by atoms with E-state index in [1.165, 1.54) is 44.9 Å². The van der Waals surface area contributed by atoms with Crippen molar-refractivity contribution in [2.45, 2.75) is 204 Å². The summed E-state index contributed by atoms with van der Waals surface area (Å²) >= 11 is 0. The lowest BCUT2D eigenvalue weighted by Crippen LogP contribution is -2.64. The van der Waals surface area contributed by atoms with Crippen LogP contribution in [0.15, 0.2) is 48.6 Å². The molecule has 6 unspecified atom stereocenters. The molecule has 0 aromatic rings. The third kappa shape index (κ3) is 27.6. The number of allylic oxidation sites excluding steroid dienone is 8. The van der Waals surface area contributed by atoms with Crippen LogP contribution in [0.4, 0.5) is 0 Å². The molecule has 12 nitrogen and oxygen atoms in total. The zero-order valence-electron chi connectivity index (χ0n) is 35.1. The summed E-state index contributed by atoms with van der Waals surface area (Å²) in [4.78, 5) is 23.1. The lowest BCUT2D eigenvalue weighted by atomic mass is 9.85. The minimum absolute atomic E-state index is 0.0909. The number of carbonyl (C=O) groups excluding carboxylic acids is 1. The minimum atomic E-state index is -5.02. The number of unbranched alkanes of at least 4 members (excludes halogenated alkanes) is 16. The molecule has 0 aromatic carbocycles. The molecule has 0 radical (unpaired) electrons. The zero-order chi connectivity index (χ0) is 42.0. The predicted octanol–water partition coefficient (Wildman–Crippen LogP) is 8.47. The van der Waals surface area contributed by atoms with Crippen molar-refractivity contribution in [3.63, 3.8) is 0 Å². The minimum Gasteiger partial charge on any atom is -0.457 e. The molecule has 6 N–H and O–H groups in total. The first-order valence-electron chi connectivity index (χ1n) is 22.0. The van der Waals surface area contributed by atoms with Gasteiger partial charge in [0.15, 0.2) is 0 Å². The molecule has 1 saturated carbocycles. The average molecular weight is 831 g/mol. The molecule has 0 heterocycles. The van der Waals surface area contributed by atoms with Gasteiger partial charge >= 0.3 is 13.8 Å². The molecule has 0 spiro atoms. The number of ether oxygens (including phenoxy) is 2. The van der Waals surface area contributed by atoms with Crippen LogP contribution in [0.1, 0.15) is 162 Å². The number of aliphatic hydroxyl groups excluding tert-OH is 5. The van der Waals surface area contributed by atoms with E-state index >= 15 is 0 Å². The van der Waals surface area contributed by atoms with Crippen LogP contribution in [-0.2, 0) is 27.9 Å². The Morgan fingerprint density at radius 1 is 0.561 bits per heavy atom. The summed E-state index contributed by atoms with van der Waals surface area (Å²) < 4.78 is 34.1. The van der Waals surface area contributed by atoms with Gasteiger partial charge in [-0.2, -0.15) is 0 Å². The van der Waals surface area contributed by atoms with Crippen LogP contribution in [0, 0.1) is 0 Å². The standard InChI is InChI=1S/C44H79O12P/c1-3-5-7-9-11-13-15-17-19-20-22-24-26-28-30-32-34-53-35-37(36-54-57(51,52)56-44-42(49)40(47)39(46)41(48)43(44)50)55-38(45)33-31-29-27-25-23-21-18-16-14-12-10-8-6-4-2/h10-13,16-19,37,39-44,46-50H,3-9,14-15,20-36H2,1-2H3,(H,51,52)/b12-10-,13-11-,18-16-,19-17-. The summed E-state index contributed by atoms with van der Waals surface area (Å²) in [5, 5.41) is 50.1. The Kier molecular flexibility index (Phi) is 32.8. The van der Waals surface area contributed by atoms with Crippen LogP contribution in [-0.4, -0.2) is 98.9 Å². The van der Waals surface area contributed by atoms with E-state index in [0.29, 0.717) is 13.0 Å². The van der Waals surface area contributed by atoms with Crippen LogP contribution in [0.3, 0.4) is 0 Å². The second-order valence-electron chi connectivity index (χ2n) is 15.2. The molecular weight excluding hydrogens is 751 g/mol. The van der Waals surface area contributed by atoms with Crippen molar-refractivity contribution in [1.82, 2.24) is 0 Å². The van der Waals surface area contributed by atoms with E-state index in [2.05, 4.69) is 62.5 Å². The lowest BCUT2D eigenvalue weighted by Gasteiger charge is -2.41. The van der Waals surface area contributed by atoms with Gasteiger partial charge in [-0.1, -0.05) is 133 Å². The Bertz CT molecular complexity index is 1130. The van der Waals surface area contributed by atoms with E-state index in [1.807, 2.05) is 0 Å². The van der Waals surface area contributed by atoms with E-state index in [9.17, 15) is 39.8 Å². The molecule has 1 fully saturated rings. The smallest absolute Gasteiger partial charge is 0.457 e. The second kappa shape index (κ2) is 35.1. The van der Waals surface area contributed by atoms with Gasteiger partial charge in [0.1, 0.15) is 42.7 Å². The highest BCUT2D eigenvalue weighted by atomic mass is 31.2. The van der Waals surface area contributed by atoms with Crippen LogP contribution in [0.5, 0.6) is 0 Å². The van der Waals surface area contributed by atoms with E-state index in [-0.39, 0.29) is 13.0 Å². The SMILES string of the molecule is CCCC/C=C\C/C=C\CCCCCCCC(=O)OC(COCCCCCCCC/C=C\C/C=C\CCCCC)COP(=O)(O)OC1C(O)C(O)C(O)C(O)C1O. The molecule has 6 atom stereocenters. The van der Waals surface area contributed by atoms with Gasteiger partial charge in [-0.25, -0.2) is 4.57 Å². The number of phosphoric ester groups is 1. The highest BCUT2D eigenvalue weighted by Gasteiger charge is 2.51. The third-order valence-electron chi connectivity index (χ3n) is 9.92. The maximum absolute atomic E-state index is 12.8. The Balaban J connectivity index is 2.44. The number of phosphoric acid groups is 1. The lowest BCUT2D eigenvalue weighted by molar-refractivity contribution is -0.220. The summed E-state index contributed by atoms with van der Waals surface area (Å²) in [6.45, 7) is 4.14. The Hall–Kier alpha value is -1.70. The van der Waals surface area contributed by atoms with Crippen molar-refractivity contribution in [2.24, 2.45) is 0 Å². The molecule has 1 aliphatic rings. The highest BCUT2D eigenvalue weighted by molar-refractivity contribution is 7.47. The first-order valence-corrected chi connectivity index (χ1v) is 23.5. The largest absolute Gasteiger partial charge is 0.472 e. The number of esters is 1. The van der Waals surface area contributed by atoms with E-state index < -0.39 is 63.1 Å². The molecule has 13 heteroatoms. The monoisotopic (exact) mass is 831 g/mol. The number of aliphatic hydroxyl groups is 5. The number of carbonyl (C=O) groups is 1. The van der Waals surface area contributed by atoms with E-state index in [0.717, 1.165) is 89.9 Å². The number of hydrogen-bond donors (Lipinski definition) is 6. The van der Waals surface area contributed by atoms with Gasteiger partial charge < -0.3 is 39.9 Å². The van der Waals surface area contributed by atoms with Crippen LogP contribution >= 0.6 is 7.82 Å². The summed E-state index contributed by atoms with van der Waals surface area (Å²) in [6.07, 6.45) is 28.9. The van der Waals surface area contributed by atoms with Gasteiger partial charge in [-0.15, -0.1) is 0 Å². The van der Waals surface area contributed by atoms with Crippen LogP contribution < -0.4 is 0 Å². The zero-order valence-corrected chi connectivity index (χ0v) is 36.0. The van der Waals surface area contributed by atoms with Crippen molar-refractivity contribution < 1.29 is 58.3 Å². The molecule has 0 amide bonds. The Morgan fingerprint density at radius 2 is 1.00 bits per heavy atom. The Morgan fingerprint density at radius 3 is 1.53 bits per heavy atom. The third-order valence-corrected chi connectivity index (χ3v) is 10.9. The van der Waals surface area contributed by atoms with Gasteiger partial charge in [0.25, 0.3) is 0 Å². The first kappa shape index (κ1) is 53.3. The van der Waals surface area contributed by atoms with Gasteiger partial charge in [0.2, 0.25) is 0 Å². The quantitative estimate of drug-likeness (QED) is 0.0153. The second-order valence-corrected chi connectivity index (χ2v) is 16.6. The predicted molar refractivity (Wildman–Crippen MR) is 225 cm³/mol. The highest BCUT2D eigenvalue weighted by Crippen LogP contribution is 2.47. The Labute approximate surface area is 344 Å². The summed E-state index contributed by atoms with van der Waals surface area (Å²) in [5.41, 5.74) is 0. The molecule has 0 saturated heterocycles. The summed E-state index contributed by atoms with van der Waals surface area (Å²) in [7, 11) is -5.02. The maximum atomic E-state index is 12.8. The average Bonchev–Trinajstić information content (AvgIpc) is 3.19. The van der Waals surface area contributed by atoms with Crippen LogP contribution in [0.25, 0.3) is 0 Å². The fourth-order valence-electron chi connectivity index (χ4n) is 6.34. The fourth-order valence-corrected chi connectivity index (χ4v) is 7.31.